The van der Waals surface area contributed by atoms with Gasteiger partial charge in [0.15, 0.2) is 18.1 Å². The number of carbonyl (C=O) groups excluding carboxylic acids is 2. The Labute approximate surface area is 152 Å². The molecule has 3 aromatic rings. The Balaban J connectivity index is 1.70. The summed E-state index contributed by atoms with van der Waals surface area (Å²) in [6, 6.07) is 16.1. The van der Waals surface area contributed by atoms with Crippen molar-refractivity contribution in [2.75, 3.05) is 6.61 Å². The molecule has 1 heterocycles. The number of aryl methyl sites for hydroxylation is 1. The lowest BCUT2D eigenvalue weighted by Crippen LogP contribution is -2.15. The third-order valence-corrected chi connectivity index (χ3v) is 3.98. The Morgan fingerprint density at radius 2 is 1.88 bits per heavy atom. The van der Waals surface area contributed by atoms with Gasteiger partial charge in [0.1, 0.15) is 5.76 Å². The number of Topliss-reactive ketones (excluding diaryl/α,β-unsaturated/α-hetero) is 1. The second kappa shape index (κ2) is 7.44. The lowest BCUT2D eigenvalue weighted by atomic mass is 10.1. The Kier molecular flexibility index (Phi) is 5.09. The molecule has 0 bridgehead atoms. The molecule has 3 rings (SSSR count). The molecule has 0 unspecified atom stereocenters. The average Bonchev–Trinajstić information content (AvgIpc) is 3.02. The van der Waals surface area contributed by atoms with Gasteiger partial charge in [-0.25, -0.2) is 9.78 Å². The summed E-state index contributed by atoms with van der Waals surface area (Å²) in [7, 11) is 0. The lowest BCUT2D eigenvalue weighted by Gasteiger charge is -2.03. The van der Waals surface area contributed by atoms with Gasteiger partial charge in [-0.15, -0.1) is 0 Å². The predicted molar refractivity (Wildman–Crippen MR) is 95.4 cm³/mol. The van der Waals surface area contributed by atoms with Crippen molar-refractivity contribution in [2.24, 2.45) is 0 Å². The fourth-order valence-corrected chi connectivity index (χ4v) is 2.63. The van der Waals surface area contributed by atoms with Gasteiger partial charge in [-0.05, 0) is 31.2 Å². The molecule has 0 N–H and O–H groups in total. The summed E-state index contributed by atoms with van der Waals surface area (Å²) in [6.07, 6.45) is 0. The zero-order chi connectivity index (χ0) is 17.8. The number of ether oxygens (including phenoxy) is 1. The average molecular weight is 400 g/mol. The summed E-state index contributed by atoms with van der Waals surface area (Å²) in [4.78, 5) is 28.5. The molecule has 1 aromatic heterocycles. The van der Waals surface area contributed by atoms with Crippen molar-refractivity contribution in [2.45, 2.75) is 6.92 Å². The third kappa shape index (κ3) is 4.03. The van der Waals surface area contributed by atoms with E-state index in [9.17, 15) is 9.59 Å². The fraction of sp³-hybridized carbons (Fsp3) is 0.105. The van der Waals surface area contributed by atoms with E-state index in [2.05, 4.69) is 20.9 Å². The number of halogens is 1. The van der Waals surface area contributed by atoms with Crippen molar-refractivity contribution in [3.05, 3.63) is 76.1 Å². The molecule has 0 radical (unpaired) electrons. The molecule has 2 aromatic carbocycles. The van der Waals surface area contributed by atoms with Crippen LogP contribution in [0.3, 0.4) is 0 Å². The number of esters is 1. The summed E-state index contributed by atoms with van der Waals surface area (Å²) < 4.78 is 11.4. The van der Waals surface area contributed by atoms with E-state index in [1.807, 2.05) is 36.4 Å². The molecular weight excluding hydrogens is 386 g/mol. The Morgan fingerprint density at radius 3 is 2.60 bits per heavy atom. The Bertz CT molecular complexity index is 918. The highest BCUT2D eigenvalue weighted by molar-refractivity contribution is 9.10. The maximum absolute atomic E-state index is 12.2. The van der Waals surface area contributed by atoms with E-state index >= 15 is 0 Å². The molecule has 126 valence electrons. The molecule has 0 aliphatic rings. The van der Waals surface area contributed by atoms with Gasteiger partial charge >= 0.3 is 5.97 Å². The molecule has 25 heavy (non-hydrogen) atoms. The highest BCUT2D eigenvalue weighted by atomic mass is 79.9. The van der Waals surface area contributed by atoms with E-state index < -0.39 is 5.97 Å². The monoisotopic (exact) mass is 399 g/mol. The maximum atomic E-state index is 12.2. The highest BCUT2D eigenvalue weighted by Crippen LogP contribution is 2.22. The van der Waals surface area contributed by atoms with Crippen LogP contribution in [0.15, 0.2) is 63.5 Å². The largest absolute Gasteiger partial charge is 0.452 e. The van der Waals surface area contributed by atoms with Crippen molar-refractivity contribution in [3.8, 4) is 11.5 Å². The quantitative estimate of drug-likeness (QED) is 0.468. The molecule has 0 saturated carbocycles. The fourth-order valence-electron chi connectivity index (χ4n) is 2.23. The van der Waals surface area contributed by atoms with Gasteiger partial charge in [0.25, 0.3) is 0 Å². The van der Waals surface area contributed by atoms with E-state index in [1.54, 1.807) is 25.1 Å². The van der Waals surface area contributed by atoms with Gasteiger partial charge < -0.3 is 9.15 Å². The van der Waals surface area contributed by atoms with Crippen LogP contribution in [0.2, 0.25) is 0 Å². The zero-order valence-corrected chi connectivity index (χ0v) is 14.9. The first-order chi connectivity index (χ1) is 12.0. The number of benzene rings is 2. The van der Waals surface area contributed by atoms with E-state index in [4.69, 9.17) is 9.15 Å². The normalized spacial score (nSPS) is 10.5. The second-order valence-electron chi connectivity index (χ2n) is 5.30. The van der Waals surface area contributed by atoms with Gasteiger partial charge in [0.2, 0.25) is 5.89 Å². The number of hydrogen-bond donors (Lipinski definition) is 0. The minimum Gasteiger partial charge on any atom is -0.452 e. The SMILES string of the molecule is Cc1oc(-c2ccccc2)nc1C(=O)OCC(=O)c1cccc(Br)c1. The summed E-state index contributed by atoms with van der Waals surface area (Å²) >= 11 is 3.30. The van der Waals surface area contributed by atoms with Crippen LogP contribution in [-0.2, 0) is 4.74 Å². The smallest absolute Gasteiger partial charge is 0.361 e. The van der Waals surface area contributed by atoms with Gasteiger partial charge in [0.05, 0.1) is 0 Å². The number of hydrogen-bond acceptors (Lipinski definition) is 5. The van der Waals surface area contributed by atoms with Gasteiger partial charge in [-0.1, -0.05) is 46.3 Å². The van der Waals surface area contributed by atoms with E-state index in [0.717, 1.165) is 10.0 Å². The molecular formula is C19H14BrNO4. The van der Waals surface area contributed by atoms with E-state index in [1.165, 1.54) is 0 Å². The van der Waals surface area contributed by atoms with Crippen molar-refractivity contribution < 1.29 is 18.7 Å². The van der Waals surface area contributed by atoms with Crippen molar-refractivity contribution in [1.29, 1.82) is 0 Å². The Hall–Kier alpha value is -2.73. The topological polar surface area (TPSA) is 69.4 Å². The van der Waals surface area contributed by atoms with Crippen molar-refractivity contribution >= 4 is 27.7 Å². The number of aromatic nitrogens is 1. The van der Waals surface area contributed by atoms with Crippen LogP contribution in [0.4, 0.5) is 0 Å². The standard InChI is InChI=1S/C19H14BrNO4/c1-12-17(21-18(25-12)13-6-3-2-4-7-13)19(23)24-11-16(22)14-8-5-9-15(20)10-14/h2-10H,11H2,1H3. The molecule has 5 nitrogen and oxygen atoms in total. The van der Waals surface area contributed by atoms with Crippen LogP contribution in [0.5, 0.6) is 0 Å². The van der Waals surface area contributed by atoms with Crippen LogP contribution in [0.1, 0.15) is 26.6 Å². The molecule has 0 saturated heterocycles. The first kappa shape index (κ1) is 17.1. The van der Waals surface area contributed by atoms with Gasteiger partial charge in [-0.2, -0.15) is 0 Å². The zero-order valence-electron chi connectivity index (χ0n) is 13.4. The molecule has 0 aliphatic carbocycles. The summed E-state index contributed by atoms with van der Waals surface area (Å²) in [5.74, 6) is -0.298. The number of rotatable bonds is 5. The molecule has 0 spiro atoms. The molecule has 0 aliphatic heterocycles. The number of oxazole rings is 1. The van der Waals surface area contributed by atoms with Crippen molar-refractivity contribution in [3.63, 3.8) is 0 Å². The first-order valence-electron chi connectivity index (χ1n) is 7.53. The van der Waals surface area contributed by atoms with Crippen LogP contribution in [0, 0.1) is 6.92 Å². The van der Waals surface area contributed by atoms with Gasteiger partial charge in [-0.3, -0.25) is 4.79 Å². The molecule has 0 fully saturated rings. The molecule has 0 atom stereocenters. The summed E-state index contributed by atoms with van der Waals surface area (Å²) in [5.41, 5.74) is 1.29. The lowest BCUT2D eigenvalue weighted by molar-refractivity contribution is 0.0468. The molecule has 0 amide bonds. The highest BCUT2D eigenvalue weighted by Gasteiger charge is 2.20. The second-order valence-corrected chi connectivity index (χ2v) is 6.22. The molecule has 6 heteroatoms. The maximum Gasteiger partial charge on any atom is 0.361 e. The summed E-state index contributed by atoms with van der Waals surface area (Å²) in [5, 5.41) is 0. The van der Waals surface area contributed by atoms with Gasteiger partial charge in [0, 0.05) is 15.6 Å². The third-order valence-electron chi connectivity index (χ3n) is 3.49. The Morgan fingerprint density at radius 1 is 1.12 bits per heavy atom. The predicted octanol–water partition coefficient (Wildman–Crippen LogP) is 4.45. The van der Waals surface area contributed by atoms with Crippen LogP contribution >= 0.6 is 15.9 Å². The number of ketones is 1. The van der Waals surface area contributed by atoms with Crippen molar-refractivity contribution in [1.82, 2.24) is 4.98 Å². The summed E-state index contributed by atoms with van der Waals surface area (Å²) in [6.45, 7) is 1.27. The van der Waals surface area contributed by atoms with Crippen LogP contribution in [-0.4, -0.2) is 23.3 Å². The number of nitrogens with zero attached hydrogens (tertiary/aromatic N) is 1. The first-order valence-corrected chi connectivity index (χ1v) is 8.32. The minimum atomic E-state index is -0.688. The number of carbonyl (C=O) groups is 2. The van der Waals surface area contributed by atoms with E-state index in [-0.39, 0.29) is 18.1 Å². The van der Waals surface area contributed by atoms with E-state index in [0.29, 0.717) is 17.2 Å². The minimum absolute atomic E-state index is 0.0703. The van der Waals surface area contributed by atoms with Crippen LogP contribution < -0.4 is 0 Å². The van der Waals surface area contributed by atoms with Crippen LogP contribution in [0.25, 0.3) is 11.5 Å².